The summed E-state index contributed by atoms with van der Waals surface area (Å²) in [5, 5.41) is 3.44. The fourth-order valence-corrected chi connectivity index (χ4v) is 2.06. The summed E-state index contributed by atoms with van der Waals surface area (Å²) in [5.41, 5.74) is 2.20. The van der Waals surface area contributed by atoms with Crippen molar-refractivity contribution in [1.82, 2.24) is 15.3 Å². The molecule has 0 unspecified atom stereocenters. The minimum atomic E-state index is 0. The molecule has 3 nitrogen and oxygen atoms in total. The molecule has 4 heteroatoms. The van der Waals surface area contributed by atoms with E-state index in [9.17, 15) is 0 Å². The Morgan fingerprint density at radius 1 is 1.27 bits per heavy atom. The molecule has 1 fully saturated rings. The number of imidazole rings is 1. The molecule has 1 aliphatic heterocycles. The van der Waals surface area contributed by atoms with Crippen molar-refractivity contribution in [3.8, 4) is 0 Å². The van der Waals surface area contributed by atoms with Crippen LogP contribution in [0.5, 0.6) is 0 Å². The Balaban J connectivity index is 0.000000853. The first-order chi connectivity index (χ1) is 6.93. The van der Waals surface area contributed by atoms with Crippen molar-refractivity contribution < 1.29 is 0 Å². The highest BCUT2D eigenvalue weighted by Gasteiger charge is 2.18. The highest BCUT2D eigenvalue weighted by molar-refractivity contribution is 8.93. The molecule has 2 heterocycles. The number of halogens is 1. The molecule has 1 aromatic heterocycles. The van der Waals surface area contributed by atoms with E-state index in [1.54, 1.807) is 0 Å². The number of aromatic amines is 1. The standard InChI is InChI=1S/C11H13N3.BrH/c1-2-5-9-8(4-1)13-11(14-9)10-6-3-7-12-10;/h1-2,4-5,10,12H,3,6-7H2,(H,13,14);1H/t10-;/m0./s1. The number of nitrogens with zero attached hydrogens (tertiary/aromatic N) is 1. The van der Waals surface area contributed by atoms with Crippen molar-refractivity contribution in [3.05, 3.63) is 30.1 Å². The summed E-state index contributed by atoms with van der Waals surface area (Å²) >= 11 is 0. The molecule has 0 radical (unpaired) electrons. The van der Waals surface area contributed by atoms with Gasteiger partial charge in [0.05, 0.1) is 17.1 Å². The van der Waals surface area contributed by atoms with Crippen LogP contribution in [0.15, 0.2) is 24.3 Å². The molecular formula is C11H14BrN3. The van der Waals surface area contributed by atoms with E-state index in [1.165, 1.54) is 12.8 Å². The monoisotopic (exact) mass is 267 g/mol. The highest BCUT2D eigenvalue weighted by Crippen LogP contribution is 2.22. The second kappa shape index (κ2) is 4.33. The Labute approximate surface area is 99.1 Å². The van der Waals surface area contributed by atoms with E-state index in [-0.39, 0.29) is 17.0 Å². The molecule has 0 aliphatic carbocycles. The van der Waals surface area contributed by atoms with E-state index >= 15 is 0 Å². The zero-order chi connectivity index (χ0) is 9.38. The van der Waals surface area contributed by atoms with Gasteiger partial charge >= 0.3 is 0 Å². The number of hydrogen-bond donors (Lipinski definition) is 2. The Morgan fingerprint density at radius 3 is 2.87 bits per heavy atom. The first kappa shape index (κ1) is 10.6. The van der Waals surface area contributed by atoms with Gasteiger partial charge in [-0.15, -0.1) is 17.0 Å². The van der Waals surface area contributed by atoms with Gasteiger partial charge in [0, 0.05) is 0 Å². The Bertz CT molecular complexity index is 413. The molecule has 0 bridgehead atoms. The number of para-hydroxylation sites is 2. The van der Waals surface area contributed by atoms with Crippen molar-refractivity contribution in [3.63, 3.8) is 0 Å². The van der Waals surface area contributed by atoms with Crippen LogP contribution in [0.1, 0.15) is 24.7 Å². The van der Waals surface area contributed by atoms with Crippen LogP contribution in [0.4, 0.5) is 0 Å². The average Bonchev–Trinajstić information content (AvgIpc) is 2.86. The van der Waals surface area contributed by atoms with Crippen LogP contribution in [0.2, 0.25) is 0 Å². The first-order valence-electron chi connectivity index (χ1n) is 5.11. The van der Waals surface area contributed by atoms with Crippen molar-refractivity contribution in [2.24, 2.45) is 0 Å². The predicted molar refractivity (Wildman–Crippen MR) is 66.4 cm³/mol. The number of benzene rings is 1. The van der Waals surface area contributed by atoms with Crippen molar-refractivity contribution >= 4 is 28.0 Å². The first-order valence-corrected chi connectivity index (χ1v) is 5.11. The summed E-state index contributed by atoms with van der Waals surface area (Å²) in [5.74, 6) is 1.09. The molecular weight excluding hydrogens is 254 g/mol. The molecule has 0 spiro atoms. The lowest BCUT2D eigenvalue weighted by molar-refractivity contribution is 0.614. The minimum Gasteiger partial charge on any atom is -0.341 e. The second-order valence-electron chi connectivity index (χ2n) is 3.79. The van der Waals surface area contributed by atoms with Crippen molar-refractivity contribution in [2.75, 3.05) is 6.54 Å². The lowest BCUT2D eigenvalue weighted by atomic mass is 10.2. The quantitative estimate of drug-likeness (QED) is 0.834. The van der Waals surface area contributed by atoms with E-state index in [1.807, 2.05) is 18.2 Å². The van der Waals surface area contributed by atoms with Gasteiger partial charge in [-0.05, 0) is 31.5 Å². The maximum absolute atomic E-state index is 4.58. The van der Waals surface area contributed by atoms with Gasteiger partial charge in [-0.2, -0.15) is 0 Å². The van der Waals surface area contributed by atoms with E-state index < -0.39 is 0 Å². The molecule has 1 saturated heterocycles. The minimum absolute atomic E-state index is 0. The smallest absolute Gasteiger partial charge is 0.124 e. The van der Waals surface area contributed by atoms with E-state index in [0.717, 1.165) is 23.4 Å². The Hall–Kier alpha value is -0.870. The summed E-state index contributed by atoms with van der Waals surface area (Å²) < 4.78 is 0. The number of rotatable bonds is 1. The molecule has 0 saturated carbocycles. The topological polar surface area (TPSA) is 40.7 Å². The van der Waals surface area contributed by atoms with Crippen LogP contribution in [-0.4, -0.2) is 16.5 Å². The molecule has 1 atom stereocenters. The second-order valence-corrected chi connectivity index (χ2v) is 3.79. The lowest BCUT2D eigenvalue weighted by Crippen LogP contribution is -2.13. The van der Waals surface area contributed by atoms with Gasteiger partial charge in [-0.1, -0.05) is 12.1 Å². The fraction of sp³-hybridized carbons (Fsp3) is 0.364. The van der Waals surface area contributed by atoms with Gasteiger partial charge in [0.2, 0.25) is 0 Å². The van der Waals surface area contributed by atoms with E-state index in [4.69, 9.17) is 0 Å². The summed E-state index contributed by atoms with van der Waals surface area (Å²) in [6, 6.07) is 8.61. The third kappa shape index (κ3) is 1.92. The van der Waals surface area contributed by atoms with Gasteiger partial charge in [-0.25, -0.2) is 4.98 Å². The zero-order valence-electron chi connectivity index (χ0n) is 8.36. The average molecular weight is 268 g/mol. The summed E-state index contributed by atoms with van der Waals surface area (Å²) in [4.78, 5) is 7.94. The SMILES string of the molecule is Br.c1ccc2[nH]c([C@@H]3CCCN3)nc2c1. The maximum atomic E-state index is 4.58. The largest absolute Gasteiger partial charge is 0.341 e. The van der Waals surface area contributed by atoms with Crippen molar-refractivity contribution in [1.29, 1.82) is 0 Å². The van der Waals surface area contributed by atoms with Crippen LogP contribution < -0.4 is 5.32 Å². The summed E-state index contributed by atoms with van der Waals surface area (Å²) in [7, 11) is 0. The molecule has 80 valence electrons. The van der Waals surface area contributed by atoms with Gasteiger partial charge in [0.15, 0.2) is 0 Å². The summed E-state index contributed by atoms with van der Waals surface area (Å²) in [6.45, 7) is 1.11. The third-order valence-electron chi connectivity index (χ3n) is 2.80. The third-order valence-corrected chi connectivity index (χ3v) is 2.80. The summed E-state index contributed by atoms with van der Waals surface area (Å²) in [6.07, 6.45) is 2.45. The van der Waals surface area contributed by atoms with Crippen LogP contribution >= 0.6 is 17.0 Å². The highest BCUT2D eigenvalue weighted by atomic mass is 79.9. The fourth-order valence-electron chi connectivity index (χ4n) is 2.06. The Morgan fingerprint density at radius 2 is 2.13 bits per heavy atom. The van der Waals surface area contributed by atoms with E-state index in [0.29, 0.717) is 6.04 Å². The zero-order valence-corrected chi connectivity index (χ0v) is 10.1. The molecule has 3 rings (SSSR count). The maximum Gasteiger partial charge on any atom is 0.124 e. The van der Waals surface area contributed by atoms with Gasteiger partial charge in [0.25, 0.3) is 0 Å². The van der Waals surface area contributed by atoms with Gasteiger partial charge < -0.3 is 10.3 Å². The normalized spacial score (nSPS) is 20.4. The molecule has 0 amide bonds. The number of fused-ring (bicyclic) bond motifs is 1. The van der Waals surface area contributed by atoms with Crippen LogP contribution in [0.25, 0.3) is 11.0 Å². The van der Waals surface area contributed by atoms with Crippen LogP contribution in [0.3, 0.4) is 0 Å². The molecule has 1 aromatic carbocycles. The number of aromatic nitrogens is 2. The molecule has 2 N–H and O–H groups in total. The molecule has 15 heavy (non-hydrogen) atoms. The Kier molecular flexibility index (Phi) is 3.07. The van der Waals surface area contributed by atoms with Gasteiger partial charge in [0.1, 0.15) is 5.82 Å². The number of H-pyrrole nitrogens is 1. The lowest BCUT2D eigenvalue weighted by Gasteiger charge is -2.04. The van der Waals surface area contributed by atoms with Crippen LogP contribution in [-0.2, 0) is 0 Å². The van der Waals surface area contributed by atoms with E-state index in [2.05, 4.69) is 21.4 Å². The number of nitrogens with one attached hydrogen (secondary N) is 2. The van der Waals surface area contributed by atoms with Crippen LogP contribution in [0, 0.1) is 0 Å². The van der Waals surface area contributed by atoms with Gasteiger partial charge in [-0.3, -0.25) is 0 Å². The molecule has 1 aliphatic rings. The predicted octanol–water partition coefficient (Wildman–Crippen LogP) is 2.57. The molecule has 2 aromatic rings. The van der Waals surface area contributed by atoms with Crippen molar-refractivity contribution in [2.45, 2.75) is 18.9 Å². The number of hydrogen-bond acceptors (Lipinski definition) is 2.